The fraction of sp³-hybridized carbons (Fsp3) is 0.579. The molecule has 2 N–H and O–H groups in total. The molecule has 5 heteroatoms. The van der Waals surface area contributed by atoms with Gasteiger partial charge in [-0.2, -0.15) is 0 Å². The molecule has 1 aromatic rings. The minimum Gasteiger partial charge on any atom is -0.465 e. The highest BCUT2D eigenvalue weighted by Crippen LogP contribution is 2.24. The molecular formula is C19H29NO4. The monoisotopic (exact) mass is 335 g/mol. The van der Waals surface area contributed by atoms with Gasteiger partial charge in [-0.25, -0.2) is 0 Å². The fourth-order valence-electron chi connectivity index (χ4n) is 2.16. The first-order valence-electron chi connectivity index (χ1n) is 8.44. The lowest BCUT2D eigenvalue weighted by atomic mass is 9.89. The first kappa shape index (κ1) is 20.2. The predicted octanol–water partition coefficient (Wildman–Crippen LogP) is 2.89. The molecule has 0 spiro atoms. The Bertz CT molecular complexity index is 513. The van der Waals surface area contributed by atoms with E-state index in [0.717, 1.165) is 5.56 Å². The minimum atomic E-state index is -0.905. The molecule has 0 aromatic heterocycles. The Morgan fingerprint density at radius 2 is 1.50 bits per heavy atom. The molecule has 1 aromatic carbocycles. The number of benzene rings is 1. The molecule has 0 bridgehead atoms. The molecule has 0 fully saturated rings. The highest BCUT2D eigenvalue weighted by Gasteiger charge is 2.30. The Balaban J connectivity index is 2.81. The van der Waals surface area contributed by atoms with Gasteiger partial charge in [-0.15, -0.1) is 0 Å². The number of carbonyl (C=O) groups excluding carboxylic acids is 2. The zero-order chi connectivity index (χ0) is 18.1. The van der Waals surface area contributed by atoms with Crippen molar-refractivity contribution in [3.63, 3.8) is 0 Å². The van der Waals surface area contributed by atoms with Crippen molar-refractivity contribution < 1.29 is 19.1 Å². The Morgan fingerprint density at radius 3 is 2.04 bits per heavy atom. The fourth-order valence-corrected chi connectivity index (χ4v) is 2.16. The van der Waals surface area contributed by atoms with Gasteiger partial charge in [0.05, 0.1) is 19.6 Å². The van der Waals surface area contributed by atoms with Gasteiger partial charge in [0, 0.05) is 5.92 Å². The van der Waals surface area contributed by atoms with Gasteiger partial charge in [0.1, 0.15) is 6.04 Å². The summed E-state index contributed by atoms with van der Waals surface area (Å²) in [7, 11) is 0. The van der Waals surface area contributed by atoms with Crippen molar-refractivity contribution in [2.75, 3.05) is 13.2 Å². The number of nitrogens with two attached hydrogens (primary N) is 1. The summed E-state index contributed by atoms with van der Waals surface area (Å²) in [5.74, 6) is -0.828. The van der Waals surface area contributed by atoms with Crippen LogP contribution in [0.3, 0.4) is 0 Å². The molecule has 24 heavy (non-hydrogen) atoms. The third kappa shape index (κ3) is 7.13. The van der Waals surface area contributed by atoms with Crippen LogP contribution in [0.4, 0.5) is 0 Å². The first-order chi connectivity index (χ1) is 11.3. The van der Waals surface area contributed by atoms with Gasteiger partial charge < -0.3 is 15.2 Å². The number of ether oxygens (including phenoxy) is 2. The molecule has 0 aliphatic carbocycles. The molecule has 0 aliphatic rings. The Labute approximate surface area is 144 Å². The normalized spacial score (nSPS) is 13.6. The molecule has 0 radical (unpaired) electrons. The summed E-state index contributed by atoms with van der Waals surface area (Å²) in [5, 5.41) is 0. The Hall–Kier alpha value is -1.88. The van der Waals surface area contributed by atoms with Crippen LogP contribution in [-0.2, 0) is 19.1 Å². The van der Waals surface area contributed by atoms with E-state index in [4.69, 9.17) is 15.2 Å². The Morgan fingerprint density at radius 1 is 0.958 bits per heavy atom. The first-order valence-corrected chi connectivity index (χ1v) is 8.44. The van der Waals surface area contributed by atoms with Crippen LogP contribution >= 0.6 is 0 Å². The van der Waals surface area contributed by atoms with Crippen molar-refractivity contribution in [1.29, 1.82) is 0 Å². The lowest BCUT2D eigenvalue weighted by molar-refractivity contribution is -0.148. The predicted molar refractivity (Wildman–Crippen MR) is 93.4 cm³/mol. The smallest absolute Gasteiger partial charge is 0.323 e. The maximum Gasteiger partial charge on any atom is 0.323 e. The van der Waals surface area contributed by atoms with E-state index in [2.05, 4.69) is 0 Å². The van der Waals surface area contributed by atoms with Crippen molar-refractivity contribution in [3.05, 3.63) is 35.9 Å². The summed E-state index contributed by atoms with van der Waals surface area (Å²) in [6.45, 7) is 8.51. The second kappa shape index (κ2) is 10.1. The molecule has 0 aliphatic heterocycles. The van der Waals surface area contributed by atoms with Crippen LogP contribution in [-0.4, -0.2) is 31.2 Å². The van der Waals surface area contributed by atoms with Crippen LogP contribution in [0.15, 0.2) is 30.3 Å². The molecule has 1 rings (SSSR count). The van der Waals surface area contributed by atoms with Gasteiger partial charge in [0.2, 0.25) is 0 Å². The molecule has 0 amide bonds. The summed E-state index contributed by atoms with van der Waals surface area (Å²) in [6.07, 6.45) is 0.0503. The van der Waals surface area contributed by atoms with Crippen molar-refractivity contribution in [1.82, 2.24) is 0 Å². The molecular weight excluding hydrogens is 306 g/mol. The second-order valence-electron chi connectivity index (χ2n) is 6.85. The third-order valence-electron chi connectivity index (χ3n) is 3.46. The Kier molecular flexibility index (Phi) is 8.47. The molecule has 0 saturated carbocycles. The van der Waals surface area contributed by atoms with Crippen LogP contribution in [0.25, 0.3) is 0 Å². The van der Waals surface area contributed by atoms with Crippen molar-refractivity contribution in [2.45, 2.75) is 46.1 Å². The maximum absolute atomic E-state index is 12.2. The maximum atomic E-state index is 12.2. The van der Waals surface area contributed by atoms with E-state index >= 15 is 0 Å². The zero-order valence-corrected chi connectivity index (χ0v) is 15.0. The average molecular weight is 335 g/mol. The minimum absolute atomic E-state index is 0.0503. The number of hydrogen-bond acceptors (Lipinski definition) is 5. The summed E-state index contributed by atoms with van der Waals surface area (Å²) in [4.78, 5) is 24.3. The quantitative estimate of drug-likeness (QED) is 0.702. The van der Waals surface area contributed by atoms with Crippen LogP contribution in [0.5, 0.6) is 0 Å². The van der Waals surface area contributed by atoms with Crippen LogP contribution in [0.1, 0.15) is 45.6 Å². The van der Waals surface area contributed by atoms with Crippen molar-refractivity contribution in [2.24, 2.45) is 17.6 Å². The summed E-state index contributed by atoms with van der Waals surface area (Å²) >= 11 is 0. The number of hydrogen-bond donors (Lipinski definition) is 1. The highest BCUT2D eigenvalue weighted by atomic mass is 16.5. The molecule has 2 atom stereocenters. The van der Waals surface area contributed by atoms with Gasteiger partial charge >= 0.3 is 11.9 Å². The molecule has 0 saturated heterocycles. The number of esters is 2. The van der Waals surface area contributed by atoms with Crippen molar-refractivity contribution >= 4 is 11.9 Å². The molecule has 0 heterocycles. The van der Waals surface area contributed by atoms with Crippen LogP contribution in [0, 0.1) is 11.8 Å². The summed E-state index contributed by atoms with van der Waals surface area (Å²) < 4.78 is 10.5. The highest BCUT2D eigenvalue weighted by molar-refractivity contribution is 5.79. The van der Waals surface area contributed by atoms with Gasteiger partial charge in [0.15, 0.2) is 0 Å². The van der Waals surface area contributed by atoms with Crippen LogP contribution in [0.2, 0.25) is 0 Å². The van der Waals surface area contributed by atoms with Crippen LogP contribution < -0.4 is 5.73 Å². The van der Waals surface area contributed by atoms with Gasteiger partial charge in [-0.05, 0) is 17.4 Å². The van der Waals surface area contributed by atoms with Gasteiger partial charge in [0.25, 0.3) is 0 Å². The van der Waals surface area contributed by atoms with E-state index in [-0.39, 0.29) is 24.2 Å². The van der Waals surface area contributed by atoms with E-state index in [1.165, 1.54) is 0 Å². The third-order valence-corrected chi connectivity index (χ3v) is 3.46. The standard InChI is InChI=1S/C19H29NO4/c1-13(2)11-23-17(21)10-16(15-8-6-5-7-9-15)18(20)19(22)24-12-14(3)4/h5-9,13-14,16,18H,10-12,20H2,1-4H3/t16-,18+/m1/s1. The lowest BCUT2D eigenvalue weighted by Gasteiger charge is -2.23. The molecule has 0 unspecified atom stereocenters. The van der Waals surface area contributed by atoms with E-state index in [1.54, 1.807) is 0 Å². The van der Waals surface area contributed by atoms with Gasteiger partial charge in [-0.1, -0.05) is 58.0 Å². The average Bonchev–Trinajstić information content (AvgIpc) is 2.55. The zero-order valence-electron chi connectivity index (χ0n) is 15.0. The topological polar surface area (TPSA) is 78.6 Å². The summed E-state index contributed by atoms with van der Waals surface area (Å²) in [6, 6.07) is 8.39. The SMILES string of the molecule is CC(C)COC(=O)C[C@H](c1ccccc1)[C@H](N)C(=O)OCC(C)C. The van der Waals surface area contributed by atoms with E-state index in [9.17, 15) is 9.59 Å². The summed E-state index contributed by atoms with van der Waals surface area (Å²) in [5.41, 5.74) is 6.93. The number of carbonyl (C=O) groups is 2. The number of rotatable bonds is 9. The van der Waals surface area contributed by atoms with E-state index in [0.29, 0.717) is 13.2 Å². The van der Waals surface area contributed by atoms with E-state index < -0.39 is 17.9 Å². The lowest BCUT2D eigenvalue weighted by Crippen LogP contribution is -2.39. The molecule has 5 nitrogen and oxygen atoms in total. The van der Waals surface area contributed by atoms with Crippen molar-refractivity contribution in [3.8, 4) is 0 Å². The molecule has 134 valence electrons. The largest absolute Gasteiger partial charge is 0.465 e. The second-order valence-corrected chi connectivity index (χ2v) is 6.85. The van der Waals surface area contributed by atoms with Gasteiger partial charge in [-0.3, -0.25) is 9.59 Å². The van der Waals surface area contributed by atoms with E-state index in [1.807, 2.05) is 58.0 Å².